The van der Waals surface area contributed by atoms with Crippen molar-refractivity contribution in [2.45, 2.75) is 6.04 Å². The van der Waals surface area contributed by atoms with Gasteiger partial charge < -0.3 is 10.1 Å². The zero-order chi connectivity index (χ0) is 19.6. The third-order valence-electron chi connectivity index (χ3n) is 5.51. The van der Waals surface area contributed by atoms with E-state index in [1.807, 2.05) is 60.7 Å². The number of nitrogens with zero attached hydrogens (tertiary/aromatic N) is 3. The second-order valence-corrected chi connectivity index (χ2v) is 7.30. The Morgan fingerprint density at radius 2 is 1.83 bits per heavy atom. The third-order valence-corrected chi connectivity index (χ3v) is 5.51. The van der Waals surface area contributed by atoms with E-state index in [-0.39, 0.29) is 11.9 Å². The normalized spacial score (nSPS) is 19.8. The van der Waals surface area contributed by atoms with Crippen LogP contribution in [0.1, 0.15) is 0 Å². The van der Waals surface area contributed by atoms with Crippen molar-refractivity contribution in [3.05, 3.63) is 60.7 Å². The summed E-state index contributed by atoms with van der Waals surface area (Å²) < 4.78 is 6.07. The van der Waals surface area contributed by atoms with E-state index >= 15 is 0 Å². The van der Waals surface area contributed by atoms with Crippen LogP contribution < -0.4 is 15.0 Å². The molecule has 7 nitrogen and oxygen atoms in total. The molecule has 1 amide bonds. The first-order valence-corrected chi connectivity index (χ1v) is 9.93. The molecular weight excluding hydrogens is 366 g/mol. The van der Waals surface area contributed by atoms with E-state index < -0.39 is 0 Å². The van der Waals surface area contributed by atoms with Crippen molar-refractivity contribution in [2.75, 3.05) is 37.6 Å². The first-order valence-electron chi connectivity index (χ1n) is 9.93. The monoisotopic (exact) mass is 389 g/mol. The minimum absolute atomic E-state index is 0.105. The summed E-state index contributed by atoms with van der Waals surface area (Å²) in [6.45, 7) is 4.07. The van der Waals surface area contributed by atoms with Crippen molar-refractivity contribution < 1.29 is 9.53 Å². The predicted octanol–water partition coefficient (Wildman–Crippen LogP) is 2.49. The first kappa shape index (κ1) is 17.9. The molecule has 0 saturated carbocycles. The molecule has 2 fully saturated rings. The van der Waals surface area contributed by atoms with Gasteiger partial charge in [0.1, 0.15) is 17.5 Å². The molecule has 3 heterocycles. The molecule has 5 rings (SSSR count). The Morgan fingerprint density at radius 3 is 2.72 bits per heavy atom. The van der Waals surface area contributed by atoms with E-state index in [0.29, 0.717) is 18.9 Å². The molecule has 2 N–H and O–H groups in total. The summed E-state index contributed by atoms with van der Waals surface area (Å²) in [5.74, 6) is 2.28. The van der Waals surface area contributed by atoms with Crippen LogP contribution in [0.2, 0.25) is 0 Å². The molecule has 0 aliphatic carbocycles. The number of nitrogens with one attached hydrogen (secondary N) is 2. The highest BCUT2D eigenvalue weighted by atomic mass is 16.5. The molecule has 2 saturated heterocycles. The number of amides is 1. The number of H-pyrrole nitrogens is 1. The summed E-state index contributed by atoms with van der Waals surface area (Å²) >= 11 is 0. The number of rotatable bonds is 4. The van der Waals surface area contributed by atoms with Crippen molar-refractivity contribution in [1.29, 1.82) is 0 Å². The molecule has 2 aromatic carbocycles. The lowest BCUT2D eigenvalue weighted by molar-refractivity contribution is -0.126. The van der Waals surface area contributed by atoms with Crippen molar-refractivity contribution in [3.8, 4) is 22.8 Å². The van der Waals surface area contributed by atoms with Gasteiger partial charge in [0, 0.05) is 44.4 Å². The maximum atomic E-state index is 13.0. The summed E-state index contributed by atoms with van der Waals surface area (Å²) in [6, 6.07) is 19.3. The standard InChI is InChI=1S/C22H23N5O2/c28-22-19-15-23-10-11-26(19)12-13-27(22)21-14-18(24-25-21)17-8-4-5-9-20(17)29-16-6-2-1-3-7-16/h1-9,14,19,23H,10-13,15H2,(H,24,25)/t19-/m1/s1. The second-order valence-electron chi connectivity index (χ2n) is 7.30. The van der Waals surface area contributed by atoms with Crippen LogP contribution in [-0.2, 0) is 4.79 Å². The van der Waals surface area contributed by atoms with Crippen LogP contribution in [0.5, 0.6) is 11.5 Å². The van der Waals surface area contributed by atoms with E-state index in [4.69, 9.17) is 4.74 Å². The fourth-order valence-electron chi connectivity index (χ4n) is 3.98. The molecule has 148 valence electrons. The summed E-state index contributed by atoms with van der Waals surface area (Å²) in [4.78, 5) is 17.0. The number of piperazine rings is 2. The van der Waals surface area contributed by atoms with Crippen molar-refractivity contribution in [1.82, 2.24) is 20.4 Å². The molecule has 0 radical (unpaired) electrons. The van der Waals surface area contributed by atoms with Gasteiger partial charge in [-0.25, -0.2) is 0 Å². The van der Waals surface area contributed by atoms with Crippen LogP contribution in [-0.4, -0.2) is 59.8 Å². The van der Waals surface area contributed by atoms with Crippen LogP contribution in [0.3, 0.4) is 0 Å². The molecule has 3 aromatic rings. The highest BCUT2D eigenvalue weighted by Gasteiger charge is 2.37. The van der Waals surface area contributed by atoms with Crippen molar-refractivity contribution in [2.24, 2.45) is 0 Å². The van der Waals surface area contributed by atoms with E-state index in [0.717, 1.165) is 42.4 Å². The Bertz CT molecular complexity index is 1000. The average Bonchev–Trinajstić information content (AvgIpc) is 3.25. The van der Waals surface area contributed by atoms with Crippen LogP contribution in [0, 0.1) is 0 Å². The van der Waals surface area contributed by atoms with E-state index in [1.54, 1.807) is 4.90 Å². The quantitative estimate of drug-likeness (QED) is 0.717. The zero-order valence-corrected chi connectivity index (χ0v) is 16.0. The van der Waals surface area contributed by atoms with Gasteiger partial charge in [-0.05, 0) is 24.3 Å². The maximum absolute atomic E-state index is 13.0. The number of fused-ring (bicyclic) bond motifs is 1. The summed E-state index contributed by atoms with van der Waals surface area (Å²) in [7, 11) is 0. The van der Waals surface area contributed by atoms with Gasteiger partial charge in [0.05, 0.1) is 5.69 Å². The van der Waals surface area contributed by atoms with E-state index in [2.05, 4.69) is 20.4 Å². The Hall–Kier alpha value is -3.16. The maximum Gasteiger partial charge on any atom is 0.246 e. The molecule has 1 atom stereocenters. The number of hydrogen-bond donors (Lipinski definition) is 2. The number of anilines is 1. The number of ether oxygens (including phenoxy) is 1. The van der Waals surface area contributed by atoms with Gasteiger partial charge in [0.2, 0.25) is 5.91 Å². The molecule has 0 spiro atoms. The predicted molar refractivity (Wildman–Crippen MR) is 111 cm³/mol. The Morgan fingerprint density at radius 1 is 1.00 bits per heavy atom. The lowest BCUT2D eigenvalue weighted by Gasteiger charge is -2.42. The smallest absolute Gasteiger partial charge is 0.246 e. The van der Waals surface area contributed by atoms with Gasteiger partial charge in [0.25, 0.3) is 0 Å². The number of benzene rings is 2. The number of para-hydroxylation sites is 2. The molecular formula is C22H23N5O2. The van der Waals surface area contributed by atoms with Crippen LogP contribution >= 0.6 is 0 Å². The molecule has 1 aromatic heterocycles. The van der Waals surface area contributed by atoms with Gasteiger partial charge in [0.15, 0.2) is 5.82 Å². The number of aromatic nitrogens is 2. The fourth-order valence-corrected chi connectivity index (χ4v) is 3.98. The van der Waals surface area contributed by atoms with Gasteiger partial charge in [-0.15, -0.1) is 0 Å². The largest absolute Gasteiger partial charge is 0.457 e. The highest BCUT2D eigenvalue weighted by Crippen LogP contribution is 2.34. The highest BCUT2D eigenvalue weighted by molar-refractivity contribution is 5.98. The van der Waals surface area contributed by atoms with Gasteiger partial charge >= 0.3 is 0 Å². The fraction of sp³-hybridized carbons (Fsp3) is 0.273. The average molecular weight is 389 g/mol. The van der Waals surface area contributed by atoms with Gasteiger partial charge in [-0.3, -0.25) is 19.7 Å². The summed E-state index contributed by atoms with van der Waals surface area (Å²) in [5, 5.41) is 10.8. The van der Waals surface area contributed by atoms with Crippen LogP contribution in [0.25, 0.3) is 11.3 Å². The van der Waals surface area contributed by atoms with Crippen molar-refractivity contribution >= 4 is 11.7 Å². The topological polar surface area (TPSA) is 73.5 Å². The minimum Gasteiger partial charge on any atom is -0.457 e. The Kier molecular flexibility index (Phi) is 4.75. The molecule has 7 heteroatoms. The number of carbonyl (C=O) groups excluding carboxylic acids is 1. The summed E-state index contributed by atoms with van der Waals surface area (Å²) in [5.41, 5.74) is 1.73. The molecule has 2 aliphatic heterocycles. The summed E-state index contributed by atoms with van der Waals surface area (Å²) in [6.07, 6.45) is 0. The Balaban J connectivity index is 1.40. The third kappa shape index (κ3) is 3.50. The van der Waals surface area contributed by atoms with Crippen molar-refractivity contribution in [3.63, 3.8) is 0 Å². The van der Waals surface area contributed by atoms with Crippen LogP contribution in [0.4, 0.5) is 5.82 Å². The van der Waals surface area contributed by atoms with Gasteiger partial charge in [-0.2, -0.15) is 5.10 Å². The van der Waals surface area contributed by atoms with E-state index in [1.165, 1.54) is 0 Å². The number of aromatic amines is 1. The molecule has 29 heavy (non-hydrogen) atoms. The number of hydrogen-bond acceptors (Lipinski definition) is 5. The zero-order valence-electron chi connectivity index (χ0n) is 16.0. The molecule has 0 bridgehead atoms. The minimum atomic E-state index is -0.105. The lowest BCUT2D eigenvalue weighted by atomic mass is 10.1. The Labute approximate surface area is 169 Å². The molecule has 0 unspecified atom stereocenters. The first-order chi connectivity index (χ1) is 14.3. The molecule has 2 aliphatic rings. The lowest BCUT2D eigenvalue weighted by Crippen LogP contribution is -2.64. The SMILES string of the molecule is O=C1[C@H]2CNCCN2CCN1c1cc(-c2ccccc2Oc2ccccc2)[nH]n1. The van der Waals surface area contributed by atoms with Crippen LogP contribution in [0.15, 0.2) is 60.7 Å². The van der Waals surface area contributed by atoms with E-state index in [9.17, 15) is 4.79 Å². The number of carbonyl (C=O) groups is 1. The van der Waals surface area contributed by atoms with Gasteiger partial charge in [-0.1, -0.05) is 30.3 Å². The second kappa shape index (κ2) is 7.69.